The fourth-order valence-electron chi connectivity index (χ4n) is 2.33. The molecular formula is C13H16N2O3. The predicted octanol–water partition coefficient (Wildman–Crippen LogP) is 0.386. The van der Waals surface area contributed by atoms with Crippen molar-refractivity contribution in [2.24, 2.45) is 5.73 Å². The van der Waals surface area contributed by atoms with E-state index in [0.29, 0.717) is 24.6 Å². The zero-order valence-corrected chi connectivity index (χ0v) is 10.0. The molecule has 2 heterocycles. The largest absolute Gasteiger partial charge is 0.485 e. The van der Waals surface area contributed by atoms with Crippen LogP contribution in [0.3, 0.4) is 0 Å². The van der Waals surface area contributed by atoms with Crippen LogP contribution in [0.15, 0.2) is 24.3 Å². The SMILES string of the molecule is N[C@H]1CCN(C(=O)C2COc3ccccc3O2)C1. The maximum Gasteiger partial charge on any atom is 0.267 e. The van der Waals surface area contributed by atoms with Crippen molar-refractivity contribution in [1.82, 2.24) is 4.90 Å². The summed E-state index contributed by atoms with van der Waals surface area (Å²) in [4.78, 5) is 14.0. The number of nitrogens with two attached hydrogens (primary N) is 1. The Labute approximate surface area is 105 Å². The fraction of sp³-hybridized carbons (Fsp3) is 0.462. The van der Waals surface area contributed by atoms with E-state index in [9.17, 15) is 4.79 Å². The molecule has 1 fully saturated rings. The van der Waals surface area contributed by atoms with Crippen LogP contribution in [0.5, 0.6) is 11.5 Å². The number of hydrogen-bond acceptors (Lipinski definition) is 4. The average molecular weight is 248 g/mol. The number of nitrogens with zero attached hydrogens (tertiary/aromatic N) is 1. The van der Waals surface area contributed by atoms with E-state index >= 15 is 0 Å². The Kier molecular flexibility index (Phi) is 2.83. The molecule has 1 amide bonds. The Balaban J connectivity index is 1.70. The molecule has 2 aliphatic rings. The molecule has 1 saturated heterocycles. The van der Waals surface area contributed by atoms with Gasteiger partial charge in [-0.2, -0.15) is 0 Å². The maximum absolute atomic E-state index is 12.2. The molecule has 1 unspecified atom stereocenters. The van der Waals surface area contributed by atoms with Crippen molar-refractivity contribution in [3.8, 4) is 11.5 Å². The Hall–Kier alpha value is -1.75. The Morgan fingerprint density at radius 1 is 1.33 bits per heavy atom. The highest BCUT2D eigenvalue weighted by atomic mass is 16.6. The van der Waals surface area contributed by atoms with E-state index in [1.165, 1.54) is 0 Å². The van der Waals surface area contributed by atoms with Gasteiger partial charge in [-0.05, 0) is 18.6 Å². The van der Waals surface area contributed by atoms with Crippen LogP contribution in [-0.4, -0.2) is 42.6 Å². The van der Waals surface area contributed by atoms with Crippen LogP contribution in [0.2, 0.25) is 0 Å². The summed E-state index contributed by atoms with van der Waals surface area (Å²) in [5, 5.41) is 0. The number of likely N-dealkylation sites (tertiary alicyclic amines) is 1. The smallest absolute Gasteiger partial charge is 0.267 e. The molecule has 2 N–H and O–H groups in total. The second-order valence-electron chi connectivity index (χ2n) is 4.70. The minimum Gasteiger partial charge on any atom is -0.485 e. The molecule has 0 saturated carbocycles. The Morgan fingerprint density at radius 2 is 2.11 bits per heavy atom. The molecule has 5 nitrogen and oxygen atoms in total. The van der Waals surface area contributed by atoms with E-state index in [1.807, 2.05) is 24.3 Å². The molecule has 5 heteroatoms. The average Bonchev–Trinajstić information content (AvgIpc) is 2.84. The summed E-state index contributed by atoms with van der Waals surface area (Å²) in [5.41, 5.74) is 5.80. The van der Waals surface area contributed by atoms with Gasteiger partial charge in [-0.3, -0.25) is 4.79 Å². The predicted molar refractivity (Wildman–Crippen MR) is 65.5 cm³/mol. The van der Waals surface area contributed by atoms with E-state index in [1.54, 1.807) is 4.90 Å². The molecular weight excluding hydrogens is 232 g/mol. The van der Waals surface area contributed by atoms with E-state index < -0.39 is 6.10 Å². The molecule has 3 rings (SSSR count). The second kappa shape index (κ2) is 4.49. The molecule has 0 aliphatic carbocycles. The van der Waals surface area contributed by atoms with Gasteiger partial charge < -0.3 is 20.1 Å². The van der Waals surface area contributed by atoms with Crippen molar-refractivity contribution in [3.05, 3.63) is 24.3 Å². The first-order chi connectivity index (χ1) is 8.74. The highest BCUT2D eigenvalue weighted by Gasteiger charge is 2.33. The zero-order valence-electron chi connectivity index (χ0n) is 10.0. The highest BCUT2D eigenvalue weighted by Crippen LogP contribution is 2.31. The molecule has 0 radical (unpaired) electrons. The van der Waals surface area contributed by atoms with Gasteiger partial charge in [0.25, 0.3) is 5.91 Å². The molecule has 96 valence electrons. The van der Waals surface area contributed by atoms with Gasteiger partial charge in [0, 0.05) is 19.1 Å². The topological polar surface area (TPSA) is 64.8 Å². The number of carbonyl (C=O) groups excluding carboxylic acids is 1. The number of amides is 1. The van der Waals surface area contributed by atoms with Crippen LogP contribution in [0, 0.1) is 0 Å². The first-order valence-corrected chi connectivity index (χ1v) is 6.17. The molecule has 18 heavy (non-hydrogen) atoms. The lowest BCUT2D eigenvalue weighted by atomic mass is 10.2. The minimum absolute atomic E-state index is 0.0301. The zero-order chi connectivity index (χ0) is 12.5. The number of para-hydroxylation sites is 2. The highest BCUT2D eigenvalue weighted by molar-refractivity contribution is 5.82. The van der Waals surface area contributed by atoms with Gasteiger partial charge in [0.1, 0.15) is 6.61 Å². The molecule has 2 aliphatic heterocycles. The van der Waals surface area contributed by atoms with Crippen LogP contribution < -0.4 is 15.2 Å². The molecule has 0 aromatic heterocycles. The van der Waals surface area contributed by atoms with Gasteiger partial charge >= 0.3 is 0 Å². The summed E-state index contributed by atoms with van der Waals surface area (Å²) in [6.45, 7) is 1.59. The second-order valence-corrected chi connectivity index (χ2v) is 4.70. The van der Waals surface area contributed by atoms with E-state index in [4.69, 9.17) is 15.2 Å². The van der Waals surface area contributed by atoms with Crippen LogP contribution in [0.25, 0.3) is 0 Å². The molecule has 0 spiro atoms. The van der Waals surface area contributed by atoms with E-state index in [-0.39, 0.29) is 18.6 Å². The molecule has 2 atom stereocenters. The van der Waals surface area contributed by atoms with Gasteiger partial charge in [0.15, 0.2) is 11.5 Å². The third-order valence-corrected chi connectivity index (χ3v) is 3.32. The summed E-state index contributed by atoms with van der Waals surface area (Å²) in [6.07, 6.45) is 0.306. The van der Waals surface area contributed by atoms with Crippen molar-refractivity contribution in [1.29, 1.82) is 0 Å². The summed E-state index contributed by atoms with van der Waals surface area (Å²) in [6, 6.07) is 7.47. The van der Waals surface area contributed by atoms with E-state index in [2.05, 4.69) is 0 Å². The third kappa shape index (κ3) is 2.01. The normalized spacial score (nSPS) is 26.2. The number of fused-ring (bicyclic) bond motifs is 1. The lowest BCUT2D eigenvalue weighted by Gasteiger charge is -2.28. The first-order valence-electron chi connectivity index (χ1n) is 6.17. The molecule has 1 aromatic carbocycles. The van der Waals surface area contributed by atoms with E-state index in [0.717, 1.165) is 6.42 Å². The lowest BCUT2D eigenvalue weighted by Crippen LogP contribution is -2.46. The molecule has 0 bridgehead atoms. The number of carbonyl (C=O) groups is 1. The minimum atomic E-state index is -0.551. The fourth-order valence-corrected chi connectivity index (χ4v) is 2.33. The maximum atomic E-state index is 12.2. The van der Waals surface area contributed by atoms with Crippen LogP contribution in [0.4, 0.5) is 0 Å². The number of benzene rings is 1. The van der Waals surface area contributed by atoms with Gasteiger partial charge in [0.2, 0.25) is 6.10 Å². The number of ether oxygens (including phenoxy) is 2. The van der Waals surface area contributed by atoms with Gasteiger partial charge in [-0.1, -0.05) is 12.1 Å². The van der Waals surface area contributed by atoms with Crippen LogP contribution in [0.1, 0.15) is 6.42 Å². The van der Waals surface area contributed by atoms with Gasteiger partial charge in [-0.25, -0.2) is 0 Å². The quantitative estimate of drug-likeness (QED) is 0.780. The summed E-state index contributed by atoms with van der Waals surface area (Å²) in [5.74, 6) is 1.29. The Bertz CT molecular complexity index is 463. The van der Waals surface area contributed by atoms with Crippen molar-refractivity contribution >= 4 is 5.91 Å². The van der Waals surface area contributed by atoms with Crippen molar-refractivity contribution in [3.63, 3.8) is 0 Å². The number of hydrogen-bond donors (Lipinski definition) is 1. The standard InChI is InChI=1S/C13H16N2O3/c14-9-5-6-15(7-9)13(16)12-8-17-10-3-1-2-4-11(10)18-12/h1-4,9,12H,5-8,14H2/t9-,12?/m0/s1. The van der Waals surface area contributed by atoms with Crippen molar-refractivity contribution < 1.29 is 14.3 Å². The van der Waals surface area contributed by atoms with Gasteiger partial charge in [-0.15, -0.1) is 0 Å². The molecule has 1 aromatic rings. The monoisotopic (exact) mass is 248 g/mol. The lowest BCUT2D eigenvalue weighted by molar-refractivity contribution is -0.140. The third-order valence-electron chi connectivity index (χ3n) is 3.32. The van der Waals surface area contributed by atoms with Gasteiger partial charge in [0.05, 0.1) is 0 Å². The first kappa shape index (κ1) is 11.3. The van der Waals surface area contributed by atoms with Crippen LogP contribution in [-0.2, 0) is 4.79 Å². The van der Waals surface area contributed by atoms with Crippen molar-refractivity contribution in [2.45, 2.75) is 18.6 Å². The number of rotatable bonds is 1. The summed E-state index contributed by atoms with van der Waals surface area (Å²) >= 11 is 0. The Morgan fingerprint density at radius 3 is 2.83 bits per heavy atom. The van der Waals surface area contributed by atoms with Crippen LogP contribution >= 0.6 is 0 Å². The van der Waals surface area contributed by atoms with Crippen molar-refractivity contribution in [2.75, 3.05) is 19.7 Å². The summed E-state index contributed by atoms with van der Waals surface area (Å²) in [7, 11) is 0. The summed E-state index contributed by atoms with van der Waals surface area (Å²) < 4.78 is 11.2.